The normalized spacial score (nSPS) is 30.3. The van der Waals surface area contributed by atoms with E-state index in [4.69, 9.17) is 0 Å². The second kappa shape index (κ2) is 9.13. The van der Waals surface area contributed by atoms with E-state index in [9.17, 15) is 27.9 Å². The Morgan fingerprint density at radius 2 is 1.78 bits per heavy atom. The minimum atomic E-state index is -4.66. The quantitative estimate of drug-likeness (QED) is 0.586. The largest absolute Gasteiger partial charge is 0.417 e. The number of aromatic nitrogens is 4. The first kappa shape index (κ1) is 24.7. The molecular formula is C24H29F3N6O3. The van der Waals surface area contributed by atoms with E-state index in [2.05, 4.69) is 25.5 Å². The summed E-state index contributed by atoms with van der Waals surface area (Å²) in [6, 6.07) is 2.91. The predicted molar refractivity (Wildman–Crippen MR) is 121 cm³/mol. The van der Waals surface area contributed by atoms with Gasteiger partial charge in [0.25, 0.3) is 5.91 Å². The van der Waals surface area contributed by atoms with Gasteiger partial charge in [0.2, 0.25) is 5.91 Å². The Balaban J connectivity index is 1.19. The van der Waals surface area contributed by atoms with Crippen molar-refractivity contribution in [2.24, 2.45) is 5.92 Å². The van der Waals surface area contributed by atoms with Gasteiger partial charge < -0.3 is 15.3 Å². The predicted octanol–water partition coefficient (Wildman–Crippen LogP) is 2.91. The molecule has 4 heterocycles. The highest BCUT2D eigenvalue weighted by atomic mass is 19.4. The van der Waals surface area contributed by atoms with Crippen LogP contribution in [0.3, 0.4) is 0 Å². The van der Waals surface area contributed by atoms with Crippen LogP contribution in [0.4, 0.5) is 13.2 Å². The lowest BCUT2D eigenvalue weighted by molar-refractivity contribution is -0.270. The Kier molecular flexibility index (Phi) is 6.26. The minimum absolute atomic E-state index is 0.0826. The molecule has 2 saturated heterocycles. The van der Waals surface area contributed by atoms with Crippen molar-refractivity contribution < 1.29 is 27.9 Å². The fourth-order valence-electron chi connectivity index (χ4n) is 5.86. The first-order chi connectivity index (χ1) is 17.0. The molecule has 2 aromatic heterocycles. The van der Waals surface area contributed by atoms with Crippen LogP contribution in [-0.4, -0.2) is 71.9 Å². The number of fused-ring (bicyclic) bond motifs is 2. The second-order valence-corrected chi connectivity index (χ2v) is 10.3. The van der Waals surface area contributed by atoms with E-state index in [0.29, 0.717) is 29.9 Å². The third-order valence-corrected chi connectivity index (χ3v) is 7.90. The summed E-state index contributed by atoms with van der Waals surface area (Å²) in [6.07, 6.45) is -1.27. The summed E-state index contributed by atoms with van der Waals surface area (Å²) in [7, 11) is 0. The number of piperidine rings is 1. The SMILES string of the molecule is Cc1cc(-c2cc(C(=O)N3C4CC[C@H]3C[C@H](C(=O)N[C@H]3CC[C@@](O)(C(F)(F)F)CC3)C4)n[nH]2)ncn1. The summed E-state index contributed by atoms with van der Waals surface area (Å²) < 4.78 is 39.1. The summed E-state index contributed by atoms with van der Waals surface area (Å²) in [5, 5.41) is 19.8. The van der Waals surface area contributed by atoms with E-state index in [0.717, 1.165) is 18.5 Å². The minimum Gasteiger partial charge on any atom is -0.380 e. The van der Waals surface area contributed by atoms with Gasteiger partial charge in [-0.1, -0.05) is 0 Å². The zero-order valence-electron chi connectivity index (χ0n) is 19.9. The van der Waals surface area contributed by atoms with Crippen molar-refractivity contribution in [3.8, 4) is 11.4 Å². The Morgan fingerprint density at radius 3 is 2.39 bits per heavy atom. The van der Waals surface area contributed by atoms with Crippen LogP contribution in [0.25, 0.3) is 11.4 Å². The molecule has 1 saturated carbocycles. The summed E-state index contributed by atoms with van der Waals surface area (Å²) in [5.41, 5.74) is -0.318. The van der Waals surface area contributed by atoms with Crippen LogP contribution < -0.4 is 5.32 Å². The number of H-pyrrole nitrogens is 1. The maximum atomic E-state index is 13.3. The molecule has 3 atom stereocenters. The first-order valence-corrected chi connectivity index (χ1v) is 12.3. The summed E-state index contributed by atoms with van der Waals surface area (Å²) in [4.78, 5) is 36.4. The van der Waals surface area contributed by atoms with E-state index in [1.807, 2.05) is 11.8 Å². The average molecular weight is 507 g/mol. The number of carbonyl (C=O) groups excluding carboxylic acids is 2. The molecular weight excluding hydrogens is 477 g/mol. The number of amides is 2. The molecule has 5 rings (SSSR count). The summed E-state index contributed by atoms with van der Waals surface area (Å²) in [5.74, 6) is -0.662. The van der Waals surface area contributed by atoms with Gasteiger partial charge in [0.15, 0.2) is 11.3 Å². The third-order valence-electron chi connectivity index (χ3n) is 7.90. The number of carbonyl (C=O) groups is 2. The summed E-state index contributed by atoms with van der Waals surface area (Å²) >= 11 is 0. The number of hydrogen-bond donors (Lipinski definition) is 3. The van der Waals surface area contributed by atoms with Crippen LogP contribution in [0, 0.1) is 12.8 Å². The van der Waals surface area contributed by atoms with Crippen LogP contribution in [0.5, 0.6) is 0 Å². The molecule has 1 unspecified atom stereocenters. The number of nitrogens with zero attached hydrogens (tertiary/aromatic N) is 4. The molecule has 2 aromatic rings. The van der Waals surface area contributed by atoms with Crippen molar-refractivity contribution in [2.75, 3.05) is 0 Å². The van der Waals surface area contributed by atoms with E-state index in [-0.39, 0.29) is 48.7 Å². The van der Waals surface area contributed by atoms with E-state index >= 15 is 0 Å². The topological polar surface area (TPSA) is 124 Å². The lowest BCUT2D eigenvalue weighted by Gasteiger charge is -2.40. The smallest absolute Gasteiger partial charge is 0.380 e. The molecule has 0 aromatic carbocycles. The highest BCUT2D eigenvalue weighted by Crippen LogP contribution is 2.42. The fraction of sp³-hybridized carbons (Fsp3) is 0.625. The zero-order chi connectivity index (χ0) is 25.7. The standard InChI is InChI=1S/C24H29F3N6O3/c1-13-8-18(29-12-28-13)19-11-20(32-31-19)22(35)33-16-2-3-17(33)10-14(9-16)21(34)30-15-4-6-23(36,7-5-15)24(25,26)27/h8,11-12,14-17,36H,2-7,9-10H2,1H3,(H,30,34)(H,31,32)/t14-,15-,16-,17?,23-/m0/s1. The number of alkyl halides is 3. The second-order valence-electron chi connectivity index (χ2n) is 10.3. The highest BCUT2D eigenvalue weighted by Gasteiger charge is 2.55. The van der Waals surface area contributed by atoms with Gasteiger partial charge >= 0.3 is 6.18 Å². The van der Waals surface area contributed by atoms with Crippen LogP contribution in [0.15, 0.2) is 18.5 Å². The molecule has 3 aliphatic rings. The lowest BCUT2D eigenvalue weighted by Crippen LogP contribution is -2.53. The molecule has 2 amide bonds. The number of aromatic amines is 1. The molecule has 12 heteroatoms. The van der Waals surface area contributed by atoms with Crippen LogP contribution in [0.1, 0.15) is 67.5 Å². The van der Waals surface area contributed by atoms with Gasteiger partial charge in [-0.2, -0.15) is 18.3 Å². The summed E-state index contributed by atoms with van der Waals surface area (Å²) in [6.45, 7) is 1.85. The Bertz CT molecular complexity index is 1130. The van der Waals surface area contributed by atoms with Crippen molar-refractivity contribution in [2.45, 2.75) is 88.2 Å². The molecule has 2 bridgehead atoms. The molecule has 3 fully saturated rings. The van der Waals surface area contributed by atoms with Crippen molar-refractivity contribution in [3.05, 3.63) is 29.8 Å². The number of halogens is 3. The maximum absolute atomic E-state index is 13.3. The Labute approximate surface area is 205 Å². The molecule has 1 aliphatic carbocycles. The molecule has 9 nitrogen and oxygen atoms in total. The molecule has 36 heavy (non-hydrogen) atoms. The van der Waals surface area contributed by atoms with Crippen molar-refractivity contribution >= 4 is 11.8 Å². The molecule has 0 radical (unpaired) electrons. The van der Waals surface area contributed by atoms with Crippen LogP contribution >= 0.6 is 0 Å². The van der Waals surface area contributed by atoms with Crippen molar-refractivity contribution in [1.29, 1.82) is 0 Å². The van der Waals surface area contributed by atoms with Crippen LogP contribution in [-0.2, 0) is 4.79 Å². The van der Waals surface area contributed by atoms with Gasteiger partial charge in [0, 0.05) is 29.7 Å². The third kappa shape index (κ3) is 4.58. The first-order valence-electron chi connectivity index (χ1n) is 12.3. The number of nitrogens with one attached hydrogen (secondary N) is 2. The van der Waals surface area contributed by atoms with Crippen molar-refractivity contribution in [1.82, 2.24) is 30.4 Å². The monoisotopic (exact) mass is 506 g/mol. The molecule has 3 N–H and O–H groups in total. The fourth-order valence-corrected chi connectivity index (χ4v) is 5.86. The van der Waals surface area contributed by atoms with Gasteiger partial charge in [-0.05, 0) is 70.4 Å². The average Bonchev–Trinajstić information content (AvgIpc) is 3.42. The number of aliphatic hydroxyl groups is 1. The van der Waals surface area contributed by atoms with E-state index in [1.165, 1.54) is 6.33 Å². The Hall–Kier alpha value is -3.02. The van der Waals surface area contributed by atoms with Gasteiger partial charge in [-0.15, -0.1) is 0 Å². The molecule has 0 spiro atoms. The van der Waals surface area contributed by atoms with Crippen LogP contribution in [0.2, 0.25) is 0 Å². The number of rotatable bonds is 4. The lowest BCUT2D eigenvalue weighted by atomic mass is 9.81. The van der Waals surface area contributed by atoms with Gasteiger partial charge in [0.1, 0.15) is 6.33 Å². The number of aryl methyl sites for hydroxylation is 1. The van der Waals surface area contributed by atoms with Gasteiger partial charge in [-0.25, -0.2) is 9.97 Å². The van der Waals surface area contributed by atoms with E-state index < -0.39 is 24.6 Å². The van der Waals surface area contributed by atoms with Crippen molar-refractivity contribution in [3.63, 3.8) is 0 Å². The van der Waals surface area contributed by atoms with Gasteiger partial charge in [-0.3, -0.25) is 14.7 Å². The van der Waals surface area contributed by atoms with E-state index in [1.54, 1.807) is 12.1 Å². The zero-order valence-corrected chi connectivity index (χ0v) is 19.9. The highest BCUT2D eigenvalue weighted by molar-refractivity contribution is 5.94. The molecule has 2 aliphatic heterocycles. The maximum Gasteiger partial charge on any atom is 0.417 e. The number of hydrogen-bond acceptors (Lipinski definition) is 6. The molecule has 194 valence electrons. The van der Waals surface area contributed by atoms with Gasteiger partial charge in [0.05, 0.1) is 11.4 Å². The Morgan fingerprint density at radius 1 is 1.11 bits per heavy atom.